The number of carboxylic acids is 1. The molecule has 0 fully saturated rings. The first-order chi connectivity index (χ1) is 12.7. The van der Waals surface area contributed by atoms with Crippen molar-refractivity contribution in [3.05, 3.63) is 53.1 Å². The summed E-state index contributed by atoms with van der Waals surface area (Å²) in [5.41, 5.74) is 9.14. The number of hydrogen-bond donors (Lipinski definition) is 4. The van der Waals surface area contributed by atoms with E-state index < -0.39 is 12.1 Å². The molecule has 1 aromatic carbocycles. The highest BCUT2D eigenvalue weighted by Gasteiger charge is 2.38. The first-order valence-electron chi connectivity index (χ1n) is 8.10. The molecule has 0 amide bonds. The average Bonchev–Trinajstić information content (AvgIpc) is 3.06. The van der Waals surface area contributed by atoms with Gasteiger partial charge in [0.05, 0.1) is 6.20 Å². The molecular weight excluding hydrogens is 368 g/mol. The Morgan fingerprint density at radius 2 is 1.89 bits per heavy atom. The molecule has 0 radical (unpaired) electrons. The van der Waals surface area contributed by atoms with Crippen LogP contribution in [-0.4, -0.2) is 47.1 Å². The number of nitrogens with two attached hydrogens (primary N) is 1. The largest absolute Gasteiger partial charge is 0.490 e. The van der Waals surface area contributed by atoms with Gasteiger partial charge in [0.15, 0.2) is 0 Å². The van der Waals surface area contributed by atoms with Crippen molar-refractivity contribution in [3.8, 4) is 0 Å². The van der Waals surface area contributed by atoms with Crippen LogP contribution >= 0.6 is 0 Å². The summed E-state index contributed by atoms with van der Waals surface area (Å²) in [4.78, 5) is 8.90. The lowest BCUT2D eigenvalue weighted by atomic mass is 10.0. The van der Waals surface area contributed by atoms with Crippen LogP contribution in [0.5, 0.6) is 0 Å². The van der Waals surface area contributed by atoms with E-state index >= 15 is 0 Å². The number of halogens is 4. The van der Waals surface area contributed by atoms with Crippen molar-refractivity contribution in [2.45, 2.75) is 31.5 Å². The number of H-pyrrole nitrogens is 1. The van der Waals surface area contributed by atoms with Gasteiger partial charge in [0.25, 0.3) is 0 Å². The second-order valence-corrected chi connectivity index (χ2v) is 5.73. The minimum atomic E-state index is -5.08. The fraction of sp³-hybridized carbons (Fsp3) is 0.412. The molecule has 5 N–H and O–H groups in total. The minimum Gasteiger partial charge on any atom is -0.475 e. The van der Waals surface area contributed by atoms with E-state index in [-0.39, 0.29) is 11.9 Å². The summed E-state index contributed by atoms with van der Waals surface area (Å²) in [6, 6.07) is 6.89. The summed E-state index contributed by atoms with van der Waals surface area (Å²) in [5, 5.41) is 17.5. The van der Waals surface area contributed by atoms with E-state index in [1.807, 2.05) is 25.4 Å². The standard InChI is InChI=1S/C15H21FN4.C2HF3O2/c1-18-14(9-17)8-12-10-19-20-15(12)7-4-11-2-5-13(16)6-3-11;3-2(4,5)1(6)7/h2-3,5-6,10,14,18H,4,7-9,17H2,1H3,(H,19,20);(H,6,7). The molecule has 0 aliphatic carbocycles. The Hall–Kier alpha value is -2.46. The molecular formula is C17H22F4N4O2. The summed E-state index contributed by atoms with van der Waals surface area (Å²) in [5.74, 6) is -2.96. The molecule has 0 aliphatic rings. The highest BCUT2D eigenvalue weighted by molar-refractivity contribution is 5.73. The number of carbonyl (C=O) groups is 1. The third kappa shape index (κ3) is 8.18. The zero-order valence-electron chi connectivity index (χ0n) is 14.7. The van der Waals surface area contributed by atoms with Crippen LogP contribution in [0.3, 0.4) is 0 Å². The molecule has 0 aliphatic heterocycles. The number of hydrogen-bond acceptors (Lipinski definition) is 4. The van der Waals surface area contributed by atoms with Gasteiger partial charge in [-0.25, -0.2) is 9.18 Å². The third-order valence-electron chi connectivity index (χ3n) is 3.79. The van der Waals surface area contributed by atoms with Gasteiger partial charge in [-0.2, -0.15) is 18.3 Å². The zero-order chi connectivity index (χ0) is 20.4. The maximum atomic E-state index is 12.9. The second kappa shape index (κ2) is 10.6. The molecule has 0 saturated heterocycles. The number of aryl methyl sites for hydroxylation is 2. The number of aliphatic carboxylic acids is 1. The van der Waals surface area contributed by atoms with E-state index in [4.69, 9.17) is 15.6 Å². The summed E-state index contributed by atoms with van der Waals surface area (Å²) >= 11 is 0. The number of rotatable bonds is 7. The van der Waals surface area contributed by atoms with Crippen molar-refractivity contribution in [1.82, 2.24) is 15.5 Å². The van der Waals surface area contributed by atoms with Crippen LogP contribution in [0.25, 0.3) is 0 Å². The van der Waals surface area contributed by atoms with Crippen LogP contribution in [0.2, 0.25) is 0 Å². The summed E-state index contributed by atoms with van der Waals surface area (Å²) in [6.07, 6.45) is -0.632. The van der Waals surface area contributed by atoms with Gasteiger partial charge < -0.3 is 16.2 Å². The van der Waals surface area contributed by atoms with Gasteiger partial charge in [0.2, 0.25) is 0 Å². The van der Waals surface area contributed by atoms with E-state index in [2.05, 4.69) is 15.5 Å². The quantitative estimate of drug-likeness (QED) is 0.542. The fourth-order valence-corrected chi connectivity index (χ4v) is 2.22. The fourth-order valence-electron chi connectivity index (χ4n) is 2.22. The van der Waals surface area contributed by atoms with Crippen LogP contribution < -0.4 is 11.1 Å². The first kappa shape index (κ1) is 22.6. The van der Waals surface area contributed by atoms with Gasteiger partial charge in [-0.15, -0.1) is 0 Å². The number of likely N-dealkylation sites (N-methyl/N-ethyl adjacent to an activating group) is 1. The molecule has 0 spiro atoms. The first-order valence-corrected chi connectivity index (χ1v) is 8.10. The molecule has 2 aromatic rings. The Morgan fingerprint density at radius 1 is 1.30 bits per heavy atom. The van der Waals surface area contributed by atoms with E-state index in [1.54, 1.807) is 0 Å². The lowest BCUT2D eigenvalue weighted by Crippen LogP contribution is -2.35. The number of aromatic amines is 1. The molecule has 1 unspecified atom stereocenters. The van der Waals surface area contributed by atoms with Crippen molar-refractivity contribution >= 4 is 5.97 Å². The topological polar surface area (TPSA) is 104 Å². The van der Waals surface area contributed by atoms with Crippen LogP contribution in [0, 0.1) is 5.82 Å². The normalized spacial score (nSPS) is 12.2. The predicted molar refractivity (Wildman–Crippen MR) is 91.7 cm³/mol. The van der Waals surface area contributed by atoms with Crippen molar-refractivity contribution < 1.29 is 27.5 Å². The number of aromatic nitrogens is 2. The van der Waals surface area contributed by atoms with Crippen molar-refractivity contribution in [3.63, 3.8) is 0 Å². The number of nitrogens with one attached hydrogen (secondary N) is 2. The molecule has 2 rings (SSSR count). The summed E-state index contributed by atoms with van der Waals surface area (Å²) in [7, 11) is 1.91. The lowest BCUT2D eigenvalue weighted by molar-refractivity contribution is -0.192. The number of nitrogens with zero attached hydrogens (tertiary/aromatic N) is 1. The SMILES string of the molecule is CNC(CN)Cc1cn[nH]c1CCc1ccc(F)cc1.O=C(O)C(F)(F)F. The van der Waals surface area contributed by atoms with Crippen LogP contribution in [0.15, 0.2) is 30.5 Å². The molecule has 6 nitrogen and oxygen atoms in total. The smallest absolute Gasteiger partial charge is 0.475 e. The maximum Gasteiger partial charge on any atom is 0.490 e. The highest BCUT2D eigenvalue weighted by Crippen LogP contribution is 2.13. The van der Waals surface area contributed by atoms with E-state index in [0.29, 0.717) is 6.54 Å². The van der Waals surface area contributed by atoms with Crippen molar-refractivity contribution in [2.24, 2.45) is 5.73 Å². The molecule has 1 atom stereocenters. The summed E-state index contributed by atoms with van der Waals surface area (Å²) < 4.78 is 44.6. The molecule has 1 heterocycles. The van der Waals surface area contributed by atoms with Gasteiger partial charge in [-0.1, -0.05) is 12.1 Å². The van der Waals surface area contributed by atoms with Gasteiger partial charge in [-0.05, 0) is 49.6 Å². The average molecular weight is 390 g/mol. The molecule has 10 heteroatoms. The van der Waals surface area contributed by atoms with Gasteiger partial charge >= 0.3 is 12.1 Å². The Bertz CT molecular complexity index is 698. The van der Waals surface area contributed by atoms with Crippen molar-refractivity contribution in [2.75, 3.05) is 13.6 Å². The molecule has 27 heavy (non-hydrogen) atoms. The Balaban J connectivity index is 0.000000445. The van der Waals surface area contributed by atoms with E-state index in [0.717, 1.165) is 30.5 Å². The van der Waals surface area contributed by atoms with Crippen LogP contribution in [0.1, 0.15) is 16.8 Å². The van der Waals surface area contributed by atoms with Crippen molar-refractivity contribution in [1.29, 1.82) is 0 Å². The Labute approximate surface area is 153 Å². The highest BCUT2D eigenvalue weighted by atomic mass is 19.4. The number of carboxylic acid groups (broad SMARTS) is 1. The predicted octanol–water partition coefficient (Wildman–Crippen LogP) is 2.06. The number of benzene rings is 1. The third-order valence-corrected chi connectivity index (χ3v) is 3.79. The number of alkyl halides is 3. The molecule has 150 valence electrons. The lowest BCUT2D eigenvalue weighted by Gasteiger charge is -2.13. The Kier molecular flexibility index (Phi) is 8.89. The minimum absolute atomic E-state index is 0.198. The second-order valence-electron chi connectivity index (χ2n) is 5.73. The van der Waals surface area contributed by atoms with Gasteiger partial charge in [-0.3, -0.25) is 5.10 Å². The van der Waals surface area contributed by atoms with Gasteiger partial charge in [0.1, 0.15) is 5.82 Å². The maximum absolute atomic E-state index is 12.9. The zero-order valence-corrected chi connectivity index (χ0v) is 14.7. The summed E-state index contributed by atoms with van der Waals surface area (Å²) in [6.45, 7) is 0.596. The monoisotopic (exact) mass is 390 g/mol. The van der Waals surface area contributed by atoms with Crippen LogP contribution in [-0.2, 0) is 24.1 Å². The molecule has 0 bridgehead atoms. The van der Waals surface area contributed by atoms with E-state index in [1.165, 1.54) is 17.7 Å². The van der Waals surface area contributed by atoms with E-state index in [9.17, 15) is 17.6 Å². The van der Waals surface area contributed by atoms with Gasteiger partial charge in [0, 0.05) is 18.3 Å². The molecule has 1 aromatic heterocycles. The van der Waals surface area contributed by atoms with Crippen LogP contribution in [0.4, 0.5) is 17.6 Å². The Morgan fingerprint density at radius 3 is 2.37 bits per heavy atom. The molecule has 0 saturated carbocycles.